The average Bonchev–Trinajstić information content (AvgIpc) is 3.17. The number of ether oxygens (including phenoxy) is 1. The Hall–Kier alpha value is -2.26. The minimum atomic E-state index is -0.354. The molecule has 9 heteroatoms. The smallest absolute Gasteiger partial charge is 0.337 e. The number of anilines is 1. The van der Waals surface area contributed by atoms with Crippen LogP contribution in [-0.4, -0.2) is 37.2 Å². The predicted octanol–water partition coefficient (Wildman–Crippen LogP) is 2.33. The van der Waals surface area contributed by atoms with Gasteiger partial charge in [0.05, 0.1) is 24.3 Å². The first-order chi connectivity index (χ1) is 14.0. The summed E-state index contributed by atoms with van der Waals surface area (Å²) in [4.78, 5) is 24.1. The number of methoxy groups -OCH3 is 1. The van der Waals surface area contributed by atoms with E-state index in [9.17, 15) is 9.59 Å². The molecule has 2 heterocycles. The summed E-state index contributed by atoms with van der Waals surface area (Å²) >= 11 is 7.58. The van der Waals surface area contributed by atoms with Crippen molar-refractivity contribution < 1.29 is 14.3 Å². The van der Waals surface area contributed by atoms with E-state index in [1.54, 1.807) is 23.9 Å². The van der Waals surface area contributed by atoms with Gasteiger partial charge in [0.15, 0.2) is 0 Å². The molecule has 1 amide bonds. The molecule has 0 aromatic heterocycles. The first-order valence-electron chi connectivity index (χ1n) is 9.19. The number of nitrogens with zero attached hydrogens (tertiary/aromatic N) is 1. The van der Waals surface area contributed by atoms with Crippen LogP contribution in [0.4, 0.5) is 5.69 Å². The van der Waals surface area contributed by atoms with Gasteiger partial charge in [-0.05, 0) is 42.0 Å². The van der Waals surface area contributed by atoms with Crippen molar-refractivity contribution >= 4 is 40.9 Å². The monoisotopic (exact) mass is 432 g/mol. The number of fused-ring (bicyclic) bond motifs is 1. The fourth-order valence-electron chi connectivity index (χ4n) is 3.42. The van der Waals surface area contributed by atoms with E-state index in [-0.39, 0.29) is 29.5 Å². The molecule has 2 aromatic carbocycles. The number of halogens is 1. The van der Waals surface area contributed by atoms with Crippen molar-refractivity contribution in [2.75, 3.05) is 18.7 Å². The van der Waals surface area contributed by atoms with Crippen LogP contribution in [0.25, 0.3) is 0 Å². The third-order valence-electron chi connectivity index (χ3n) is 4.97. The topological polar surface area (TPSA) is 82.7 Å². The maximum Gasteiger partial charge on any atom is 0.337 e. The SMILES string of the molecule is COC(=O)c1ccc(CSC2NC(=O)C3CNN(c4ccc(Cl)cc4)C3N2)cc1. The van der Waals surface area contributed by atoms with Crippen molar-refractivity contribution in [3.8, 4) is 0 Å². The number of nitrogens with one attached hydrogen (secondary N) is 3. The number of carbonyl (C=O) groups is 2. The molecule has 2 saturated heterocycles. The van der Waals surface area contributed by atoms with Gasteiger partial charge in [-0.1, -0.05) is 23.7 Å². The van der Waals surface area contributed by atoms with Gasteiger partial charge < -0.3 is 10.1 Å². The largest absolute Gasteiger partial charge is 0.465 e. The second-order valence-corrected chi connectivity index (χ2v) is 8.34. The lowest BCUT2D eigenvalue weighted by atomic mass is 10.1. The van der Waals surface area contributed by atoms with Gasteiger partial charge >= 0.3 is 5.97 Å². The molecule has 3 N–H and O–H groups in total. The number of amides is 1. The lowest BCUT2D eigenvalue weighted by Gasteiger charge is -2.37. The molecule has 2 aliphatic rings. The molecular formula is C20H21ClN4O3S. The number of hydrogen-bond donors (Lipinski definition) is 3. The third-order valence-corrected chi connectivity index (χ3v) is 6.31. The van der Waals surface area contributed by atoms with E-state index in [1.165, 1.54) is 7.11 Å². The van der Waals surface area contributed by atoms with Crippen LogP contribution in [0.3, 0.4) is 0 Å². The normalized spacial score (nSPS) is 23.4. The second-order valence-electron chi connectivity index (χ2n) is 6.81. The van der Waals surface area contributed by atoms with Crippen molar-refractivity contribution in [1.29, 1.82) is 0 Å². The van der Waals surface area contributed by atoms with Crippen LogP contribution in [0.5, 0.6) is 0 Å². The fourth-order valence-corrected chi connectivity index (χ4v) is 4.54. The zero-order valence-corrected chi connectivity index (χ0v) is 17.3. The van der Waals surface area contributed by atoms with Gasteiger partial charge in [0, 0.05) is 17.3 Å². The van der Waals surface area contributed by atoms with E-state index in [2.05, 4.69) is 16.1 Å². The van der Waals surface area contributed by atoms with Gasteiger partial charge in [-0.25, -0.2) is 10.2 Å². The Kier molecular flexibility index (Phi) is 5.96. The van der Waals surface area contributed by atoms with E-state index < -0.39 is 0 Å². The molecule has 0 spiro atoms. The number of hydrazine groups is 1. The third kappa shape index (κ3) is 4.35. The standard InChI is InChI=1S/C20H21ClN4O3S/c1-28-19(27)13-4-2-12(3-5-13)11-29-20-23-17-16(18(26)24-20)10-22-25(17)15-8-6-14(21)7-9-15/h2-9,16-17,20,22-23H,10-11H2,1H3,(H,24,26). The number of hydrogen-bond acceptors (Lipinski definition) is 7. The van der Waals surface area contributed by atoms with Crippen molar-refractivity contribution in [2.45, 2.75) is 17.4 Å². The summed E-state index contributed by atoms with van der Waals surface area (Å²) in [6.45, 7) is 0.568. The van der Waals surface area contributed by atoms with Crippen LogP contribution < -0.4 is 21.1 Å². The first kappa shape index (κ1) is 20.0. The van der Waals surface area contributed by atoms with Crippen molar-refractivity contribution in [3.05, 3.63) is 64.7 Å². The lowest BCUT2D eigenvalue weighted by molar-refractivity contribution is -0.127. The number of thioether (sulfide) groups is 1. The summed E-state index contributed by atoms with van der Waals surface area (Å²) in [6.07, 6.45) is -0.149. The molecule has 4 rings (SSSR count). The minimum Gasteiger partial charge on any atom is -0.465 e. The number of benzene rings is 2. The Morgan fingerprint density at radius 1 is 1.21 bits per heavy atom. The molecule has 29 heavy (non-hydrogen) atoms. The average molecular weight is 433 g/mol. The Bertz CT molecular complexity index is 894. The van der Waals surface area contributed by atoms with Crippen LogP contribution in [0.2, 0.25) is 5.02 Å². The Morgan fingerprint density at radius 2 is 1.93 bits per heavy atom. The molecule has 0 radical (unpaired) electrons. The maximum absolute atomic E-state index is 12.6. The molecule has 0 aliphatic carbocycles. The van der Waals surface area contributed by atoms with Gasteiger partial charge in [-0.3, -0.25) is 15.1 Å². The molecule has 2 aliphatic heterocycles. The van der Waals surface area contributed by atoms with Gasteiger partial charge in [-0.2, -0.15) is 0 Å². The fraction of sp³-hybridized carbons (Fsp3) is 0.300. The van der Waals surface area contributed by atoms with Gasteiger partial charge in [0.25, 0.3) is 0 Å². The zero-order valence-electron chi connectivity index (χ0n) is 15.7. The Balaban J connectivity index is 1.40. The van der Waals surface area contributed by atoms with E-state index >= 15 is 0 Å². The van der Waals surface area contributed by atoms with Gasteiger partial charge in [0.2, 0.25) is 5.91 Å². The molecule has 152 valence electrons. The molecule has 0 bridgehead atoms. The summed E-state index contributed by atoms with van der Waals surface area (Å²) in [5.74, 6) is 0.177. The van der Waals surface area contributed by atoms with Crippen LogP contribution >= 0.6 is 23.4 Å². The minimum absolute atomic E-state index is 0.0243. The highest BCUT2D eigenvalue weighted by atomic mass is 35.5. The van der Waals surface area contributed by atoms with Gasteiger partial charge in [0.1, 0.15) is 11.7 Å². The number of rotatable bonds is 5. The van der Waals surface area contributed by atoms with E-state index in [4.69, 9.17) is 16.3 Å². The Labute approximate surface area is 178 Å². The van der Waals surface area contributed by atoms with Crippen molar-refractivity contribution in [2.24, 2.45) is 5.92 Å². The molecule has 2 fully saturated rings. The molecule has 2 aromatic rings. The highest BCUT2D eigenvalue weighted by Crippen LogP contribution is 2.28. The molecule has 7 nitrogen and oxygen atoms in total. The quantitative estimate of drug-likeness (QED) is 0.625. The highest BCUT2D eigenvalue weighted by Gasteiger charge is 2.44. The van der Waals surface area contributed by atoms with Crippen LogP contribution in [0.15, 0.2) is 48.5 Å². The number of carbonyl (C=O) groups excluding carboxylic acids is 2. The molecule has 0 saturated carbocycles. The van der Waals surface area contributed by atoms with Crippen molar-refractivity contribution in [3.63, 3.8) is 0 Å². The molecule has 3 unspecified atom stereocenters. The van der Waals surface area contributed by atoms with Crippen molar-refractivity contribution in [1.82, 2.24) is 16.1 Å². The zero-order chi connectivity index (χ0) is 20.4. The number of esters is 1. The Morgan fingerprint density at radius 3 is 2.62 bits per heavy atom. The van der Waals surface area contributed by atoms with E-state index in [1.807, 2.05) is 41.4 Å². The first-order valence-corrected chi connectivity index (χ1v) is 10.6. The summed E-state index contributed by atoms with van der Waals surface area (Å²) in [5.41, 5.74) is 5.60. The van der Waals surface area contributed by atoms with E-state index in [0.717, 1.165) is 11.3 Å². The van der Waals surface area contributed by atoms with Crippen LogP contribution in [0, 0.1) is 5.92 Å². The highest BCUT2D eigenvalue weighted by molar-refractivity contribution is 7.99. The van der Waals surface area contributed by atoms with Crippen LogP contribution in [-0.2, 0) is 15.3 Å². The van der Waals surface area contributed by atoms with E-state index in [0.29, 0.717) is 22.9 Å². The van der Waals surface area contributed by atoms with Gasteiger partial charge in [-0.15, -0.1) is 11.8 Å². The summed E-state index contributed by atoms with van der Waals surface area (Å²) in [7, 11) is 1.36. The molecule has 3 atom stereocenters. The predicted molar refractivity (Wildman–Crippen MR) is 113 cm³/mol. The summed E-state index contributed by atoms with van der Waals surface area (Å²) in [5, 5.41) is 9.19. The lowest BCUT2D eigenvalue weighted by Crippen LogP contribution is -2.63. The second kappa shape index (κ2) is 8.62. The molecular weight excluding hydrogens is 412 g/mol. The van der Waals surface area contributed by atoms with Crippen LogP contribution in [0.1, 0.15) is 15.9 Å². The summed E-state index contributed by atoms with van der Waals surface area (Å²) < 4.78 is 4.72. The maximum atomic E-state index is 12.6. The summed E-state index contributed by atoms with van der Waals surface area (Å²) in [6, 6.07) is 14.8.